The lowest BCUT2D eigenvalue weighted by atomic mass is 9.87. The van der Waals surface area contributed by atoms with Gasteiger partial charge in [0.05, 0.1) is 0 Å². The van der Waals surface area contributed by atoms with Crippen LogP contribution in [0.5, 0.6) is 5.75 Å². The van der Waals surface area contributed by atoms with E-state index >= 15 is 0 Å². The van der Waals surface area contributed by atoms with Gasteiger partial charge in [0.15, 0.2) is 0 Å². The van der Waals surface area contributed by atoms with Crippen LogP contribution in [0.4, 0.5) is 13.2 Å². The van der Waals surface area contributed by atoms with Crippen LogP contribution in [0.15, 0.2) is 24.3 Å². The molecule has 2 nitrogen and oxygen atoms in total. The Kier molecular flexibility index (Phi) is 4.91. The SMILES string of the molecule is CC1CCC(NCc2ccccc2OC(F)(F)F)CC1. The van der Waals surface area contributed by atoms with E-state index in [1.54, 1.807) is 18.2 Å². The summed E-state index contributed by atoms with van der Waals surface area (Å²) in [6, 6.07) is 6.69. The molecule has 0 unspecified atom stereocenters. The highest BCUT2D eigenvalue weighted by Gasteiger charge is 2.32. The van der Waals surface area contributed by atoms with E-state index in [2.05, 4.69) is 17.0 Å². The van der Waals surface area contributed by atoms with E-state index in [0.29, 0.717) is 18.2 Å². The van der Waals surface area contributed by atoms with Gasteiger partial charge in [0, 0.05) is 18.2 Å². The second kappa shape index (κ2) is 6.48. The maximum atomic E-state index is 12.3. The third kappa shape index (κ3) is 4.71. The van der Waals surface area contributed by atoms with Crippen molar-refractivity contribution in [3.63, 3.8) is 0 Å². The second-order valence-corrected chi connectivity index (χ2v) is 5.49. The first-order valence-corrected chi connectivity index (χ1v) is 7.01. The van der Waals surface area contributed by atoms with Crippen LogP contribution in [-0.2, 0) is 6.54 Å². The van der Waals surface area contributed by atoms with Gasteiger partial charge in [-0.3, -0.25) is 0 Å². The number of hydrogen-bond acceptors (Lipinski definition) is 2. The Bertz CT molecular complexity index is 425. The second-order valence-electron chi connectivity index (χ2n) is 5.49. The lowest BCUT2D eigenvalue weighted by Crippen LogP contribution is -2.32. The Hall–Kier alpha value is -1.23. The van der Waals surface area contributed by atoms with E-state index in [0.717, 1.165) is 18.8 Å². The van der Waals surface area contributed by atoms with Gasteiger partial charge in [-0.25, -0.2) is 0 Å². The van der Waals surface area contributed by atoms with Crippen molar-refractivity contribution in [2.75, 3.05) is 0 Å². The molecule has 1 aromatic rings. The monoisotopic (exact) mass is 287 g/mol. The molecule has 0 atom stereocenters. The van der Waals surface area contributed by atoms with Crippen molar-refractivity contribution in [3.05, 3.63) is 29.8 Å². The molecule has 0 aliphatic heterocycles. The summed E-state index contributed by atoms with van der Waals surface area (Å²) < 4.78 is 41.0. The van der Waals surface area contributed by atoms with E-state index in [1.807, 2.05) is 0 Å². The number of hydrogen-bond donors (Lipinski definition) is 1. The quantitative estimate of drug-likeness (QED) is 0.893. The Morgan fingerprint density at radius 2 is 1.80 bits per heavy atom. The number of halogens is 3. The molecule has 1 saturated carbocycles. The molecule has 20 heavy (non-hydrogen) atoms. The molecular formula is C15H20F3NO. The number of ether oxygens (including phenoxy) is 1. The average Bonchev–Trinajstić information content (AvgIpc) is 2.38. The lowest BCUT2D eigenvalue weighted by molar-refractivity contribution is -0.274. The van der Waals surface area contributed by atoms with E-state index in [-0.39, 0.29) is 5.75 Å². The molecule has 1 aliphatic rings. The summed E-state index contributed by atoms with van der Waals surface area (Å²) in [6.45, 7) is 2.65. The topological polar surface area (TPSA) is 21.3 Å². The van der Waals surface area contributed by atoms with Crippen molar-refractivity contribution in [1.29, 1.82) is 0 Å². The summed E-state index contributed by atoms with van der Waals surface area (Å²) in [5, 5.41) is 3.34. The van der Waals surface area contributed by atoms with Crippen molar-refractivity contribution in [2.24, 2.45) is 5.92 Å². The van der Waals surface area contributed by atoms with Gasteiger partial charge in [-0.1, -0.05) is 25.1 Å². The fraction of sp³-hybridized carbons (Fsp3) is 0.600. The molecular weight excluding hydrogens is 267 g/mol. The summed E-state index contributed by atoms with van der Waals surface area (Å²) in [7, 11) is 0. The van der Waals surface area contributed by atoms with Crippen molar-refractivity contribution < 1.29 is 17.9 Å². The van der Waals surface area contributed by atoms with Crippen LogP contribution in [0.1, 0.15) is 38.2 Å². The number of alkyl halides is 3. The fourth-order valence-electron chi connectivity index (χ4n) is 2.59. The van der Waals surface area contributed by atoms with Crippen LogP contribution in [0.2, 0.25) is 0 Å². The van der Waals surface area contributed by atoms with Gasteiger partial charge in [-0.2, -0.15) is 0 Å². The summed E-state index contributed by atoms with van der Waals surface area (Å²) in [4.78, 5) is 0. The first-order chi connectivity index (χ1) is 9.44. The van der Waals surface area contributed by atoms with E-state index in [1.165, 1.54) is 18.9 Å². The van der Waals surface area contributed by atoms with Crippen molar-refractivity contribution in [1.82, 2.24) is 5.32 Å². The Balaban J connectivity index is 1.92. The van der Waals surface area contributed by atoms with Crippen LogP contribution < -0.4 is 10.1 Å². The number of para-hydroxylation sites is 1. The van der Waals surface area contributed by atoms with Crippen molar-refractivity contribution in [2.45, 2.75) is 51.6 Å². The zero-order valence-electron chi connectivity index (χ0n) is 11.5. The highest BCUT2D eigenvalue weighted by molar-refractivity contribution is 5.33. The van der Waals surface area contributed by atoms with Gasteiger partial charge in [0.25, 0.3) is 0 Å². The number of nitrogens with one attached hydrogen (secondary N) is 1. The van der Waals surface area contributed by atoms with Crippen LogP contribution in [0, 0.1) is 5.92 Å². The van der Waals surface area contributed by atoms with Crippen LogP contribution in [0.3, 0.4) is 0 Å². The van der Waals surface area contributed by atoms with E-state index < -0.39 is 6.36 Å². The van der Waals surface area contributed by atoms with Crippen LogP contribution >= 0.6 is 0 Å². The van der Waals surface area contributed by atoms with Crippen LogP contribution in [0.25, 0.3) is 0 Å². The summed E-state index contributed by atoms with van der Waals surface area (Å²) >= 11 is 0. The number of rotatable bonds is 4. The standard InChI is InChI=1S/C15H20F3NO/c1-11-6-8-13(9-7-11)19-10-12-4-2-3-5-14(12)20-15(16,17)18/h2-5,11,13,19H,6-10H2,1H3. The summed E-state index contributed by atoms with van der Waals surface area (Å²) in [6.07, 6.45) is -0.111. The van der Waals surface area contributed by atoms with E-state index in [4.69, 9.17) is 0 Å². The lowest BCUT2D eigenvalue weighted by Gasteiger charge is -2.27. The maximum Gasteiger partial charge on any atom is 0.573 e. The van der Waals surface area contributed by atoms with Gasteiger partial charge in [-0.05, 0) is 37.7 Å². The molecule has 0 bridgehead atoms. The normalized spacial score (nSPS) is 23.6. The minimum absolute atomic E-state index is 0.114. The van der Waals surface area contributed by atoms with E-state index in [9.17, 15) is 13.2 Å². The molecule has 5 heteroatoms. The molecule has 2 rings (SSSR count). The van der Waals surface area contributed by atoms with Gasteiger partial charge >= 0.3 is 6.36 Å². The molecule has 0 spiro atoms. The Morgan fingerprint density at radius 1 is 1.15 bits per heavy atom. The molecule has 0 heterocycles. The third-order valence-corrected chi connectivity index (χ3v) is 3.80. The highest BCUT2D eigenvalue weighted by atomic mass is 19.4. The molecule has 1 fully saturated rings. The smallest absolute Gasteiger partial charge is 0.405 e. The zero-order valence-corrected chi connectivity index (χ0v) is 11.5. The van der Waals surface area contributed by atoms with Gasteiger partial charge in [-0.15, -0.1) is 13.2 Å². The van der Waals surface area contributed by atoms with Gasteiger partial charge in [0.1, 0.15) is 5.75 Å². The molecule has 1 aliphatic carbocycles. The predicted octanol–water partition coefficient (Wildman–Crippen LogP) is 4.25. The molecule has 0 aromatic heterocycles. The molecule has 1 aromatic carbocycles. The number of benzene rings is 1. The minimum atomic E-state index is -4.64. The van der Waals surface area contributed by atoms with Gasteiger partial charge in [0.2, 0.25) is 0 Å². The highest BCUT2D eigenvalue weighted by Crippen LogP contribution is 2.27. The van der Waals surface area contributed by atoms with Crippen LogP contribution in [-0.4, -0.2) is 12.4 Å². The van der Waals surface area contributed by atoms with Gasteiger partial charge < -0.3 is 10.1 Å². The average molecular weight is 287 g/mol. The first-order valence-electron chi connectivity index (χ1n) is 7.01. The Morgan fingerprint density at radius 3 is 2.45 bits per heavy atom. The Labute approximate surface area is 117 Å². The molecule has 0 radical (unpaired) electrons. The fourth-order valence-corrected chi connectivity index (χ4v) is 2.59. The summed E-state index contributed by atoms with van der Waals surface area (Å²) in [5.74, 6) is 0.644. The largest absolute Gasteiger partial charge is 0.573 e. The predicted molar refractivity (Wildman–Crippen MR) is 71.4 cm³/mol. The van der Waals surface area contributed by atoms with Crippen molar-refractivity contribution >= 4 is 0 Å². The first kappa shape index (κ1) is 15.2. The molecule has 0 saturated heterocycles. The molecule has 112 valence electrons. The molecule has 0 amide bonds. The zero-order chi connectivity index (χ0) is 14.6. The minimum Gasteiger partial charge on any atom is -0.405 e. The summed E-state index contributed by atoms with van der Waals surface area (Å²) in [5.41, 5.74) is 0.545. The third-order valence-electron chi connectivity index (χ3n) is 3.80. The van der Waals surface area contributed by atoms with Crippen molar-refractivity contribution in [3.8, 4) is 5.75 Å². The molecule has 1 N–H and O–H groups in total. The maximum absolute atomic E-state index is 12.3.